The van der Waals surface area contributed by atoms with Crippen LogP contribution in [0.3, 0.4) is 0 Å². The average molecular weight is 489 g/mol. The van der Waals surface area contributed by atoms with Crippen LogP contribution in [0, 0.1) is 5.41 Å². The normalized spacial score (nSPS) is 12.9. The third kappa shape index (κ3) is 6.17. The Kier molecular flexibility index (Phi) is 7.18. The Morgan fingerprint density at radius 1 is 1.03 bits per heavy atom. The van der Waals surface area contributed by atoms with E-state index in [1.807, 2.05) is 0 Å². The number of carbonyl (C=O) groups is 3. The fourth-order valence-electron chi connectivity index (χ4n) is 3.54. The second-order valence-electron chi connectivity index (χ2n) is 9.17. The highest BCUT2D eigenvalue weighted by molar-refractivity contribution is 6.06. The molecule has 8 nitrogen and oxygen atoms in total. The summed E-state index contributed by atoms with van der Waals surface area (Å²) in [6.07, 6.45) is -4.44. The first-order valence-electron chi connectivity index (χ1n) is 10.8. The highest BCUT2D eigenvalue weighted by Crippen LogP contribution is 2.29. The molecule has 0 aliphatic rings. The van der Waals surface area contributed by atoms with E-state index in [0.717, 1.165) is 12.1 Å². The zero-order valence-electron chi connectivity index (χ0n) is 19.4. The lowest BCUT2D eigenvalue weighted by molar-refractivity contribution is -0.137. The molecule has 3 amide bonds. The van der Waals surface area contributed by atoms with Gasteiger partial charge < -0.3 is 16.4 Å². The van der Waals surface area contributed by atoms with Gasteiger partial charge in [-0.3, -0.25) is 19.1 Å². The van der Waals surface area contributed by atoms with Crippen LogP contribution in [0.15, 0.2) is 48.5 Å². The Morgan fingerprint density at radius 3 is 2.23 bits per heavy atom. The topological polar surface area (TPSA) is 119 Å². The fourth-order valence-corrected chi connectivity index (χ4v) is 3.54. The van der Waals surface area contributed by atoms with Crippen LogP contribution in [0.2, 0.25) is 0 Å². The van der Waals surface area contributed by atoms with E-state index in [9.17, 15) is 27.6 Å². The summed E-state index contributed by atoms with van der Waals surface area (Å²) in [6, 6.07) is 10.6. The van der Waals surface area contributed by atoms with Crippen molar-refractivity contribution in [1.29, 1.82) is 0 Å². The molecule has 1 heterocycles. The fraction of sp³-hybridized carbons (Fsp3) is 0.333. The first kappa shape index (κ1) is 25.7. The van der Waals surface area contributed by atoms with Crippen LogP contribution in [-0.2, 0) is 22.3 Å². The zero-order valence-corrected chi connectivity index (χ0v) is 19.4. The van der Waals surface area contributed by atoms with Crippen molar-refractivity contribution in [2.75, 3.05) is 6.54 Å². The van der Waals surface area contributed by atoms with Crippen molar-refractivity contribution >= 4 is 28.6 Å². The van der Waals surface area contributed by atoms with Gasteiger partial charge in [-0.05, 0) is 29.2 Å². The number of carbonyl (C=O) groups excluding carboxylic acids is 3. The molecule has 3 aromatic rings. The monoisotopic (exact) mass is 489 g/mol. The average Bonchev–Trinajstić information content (AvgIpc) is 3.13. The smallest absolute Gasteiger partial charge is 0.368 e. The maximum atomic E-state index is 13.2. The summed E-state index contributed by atoms with van der Waals surface area (Å²) >= 11 is 0. The summed E-state index contributed by atoms with van der Waals surface area (Å²) in [5.74, 6) is -1.90. The van der Waals surface area contributed by atoms with Gasteiger partial charge in [-0.2, -0.15) is 18.3 Å². The molecule has 0 aliphatic carbocycles. The van der Waals surface area contributed by atoms with E-state index in [4.69, 9.17) is 5.73 Å². The van der Waals surface area contributed by atoms with Crippen molar-refractivity contribution in [3.8, 4) is 0 Å². The van der Waals surface area contributed by atoms with Gasteiger partial charge in [0.2, 0.25) is 11.8 Å². The number of fused-ring (bicyclic) bond motifs is 1. The standard InChI is InChI=1S/C24H26F3N5O3/c1-23(2,3)20(22(35)29-12-18(28)33)30-21(34)19-16-6-4-5-7-17(16)32(31-19)13-14-8-10-15(11-9-14)24(25,26)27/h4-11,20H,12-13H2,1-3H3,(H2,28,33)(H,29,35)(H,30,34). The number of primary amides is 1. The maximum absolute atomic E-state index is 13.2. The molecule has 1 aromatic heterocycles. The third-order valence-corrected chi connectivity index (χ3v) is 5.33. The van der Waals surface area contributed by atoms with Gasteiger partial charge in [-0.1, -0.05) is 51.1 Å². The van der Waals surface area contributed by atoms with E-state index in [1.165, 1.54) is 16.8 Å². The predicted octanol–water partition coefficient (Wildman–Crippen LogP) is 2.85. The molecule has 11 heteroatoms. The number of halogens is 3. The number of hydrogen-bond donors (Lipinski definition) is 3. The first-order valence-corrected chi connectivity index (χ1v) is 10.8. The lowest BCUT2D eigenvalue weighted by Crippen LogP contribution is -2.54. The van der Waals surface area contributed by atoms with Gasteiger partial charge in [0.25, 0.3) is 5.91 Å². The molecule has 0 radical (unpaired) electrons. The maximum Gasteiger partial charge on any atom is 0.416 e. The van der Waals surface area contributed by atoms with Gasteiger partial charge in [0.1, 0.15) is 6.04 Å². The Labute approximate surface area is 199 Å². The van der Waals surface area contributed by atoms with Crippen LogP contribution in [0.5, 0.6) is 0 Å². The number of rotatable bonds is 7. The van der Waals surface area contributed by atoms with Crippen molar-refractivity contribution < 1.29 is 27.6 Å². The van der Waals surface area contributed by atoms with E-state index in [1.54, 1.807) is 45.0 Å². The largest absolute Gasteiger partial charge is 0.416 e. The van der Waals surface area contributed by atoms with E-state index < -0.39 is 40.9 Å². The summed E-state index contributed by atoms with van der Waals surface area (Å²) in [6.45, 7) is 5.02. The number of nitrogens with zero attached hydrogens (tertiary/aromatic N) is 2. The summed E-state index contributed by atoms with van der Waals surface area (Å²) in [5, 5.41) is 10.0. The van der Waals surface area contributed by atoms with Crippen molar-refractivity contribution in [2.24, 2.45) is 11.1 Å². The number of para-hydroxylation sites is 1. The van der Waals surface area contributed by atoms with Crippen LogP contribution in [0.25, 0.3) is 10.9 Å². The molecule has 0 saturated heterocycles. The van der Waals surface area contributed by atoms with Crippen LogP contribution < -0.4 is 16.4 Å². The third-order valence-electron chi connectivity index (χ3n) is 5.33. The van der Waals surface area contributed by atoms with E-state index >= 15 is 0 Å². The van der Waals surface area contributed by atoms with Gasteiger partial charge in [0, 0.05) is 5.39 Å². The number of alkyl halides is 3. The molecule has 3 rings (SSSR count). The van der Waals surface area contributed by atoms with Gasteiger partial charge in [0.15, 0.2) is 5.69 Å². The molecule has 0 saturated carbocycles. The van der Waals surface area contributed by atoms with Crippen LogP contribution in [0.1, 0.15) is 42.4 Å². The number of nitrogens with one attached hydrogen (secondary N) is 2. The summed E-state index contributed by atoms with van der Waals surface area (Å²) in [7, 11) is 0. The van der Waals surface area contributed by atoms with Crippen molar-refractivity contribution in [3.05, 3.63) is 65.4 Å². The lowest BCUT2D eigenvalue weighted by atomic mass is 9.86. The first-order chi connectivity index (χ1) is 16.3. The number of nitrogens with two attached hydrogens (primary N) is 1. The van der Waals surface area contributed by atoms with Crippen LogP contribution >= 0.6 is 0 Å². The molecule has 35 heavy (non-hydrogen) atoms. The SMILES string of the molecule is CC(C)(C)C(NC(=O)c1nn(Cc2ccc(C(F)(F)F)cc2)c2ccccc12)C(=O)NCC(N)=O. The Morgan fingerprint density at radius 2 is 1.66 bits per heavy atom. The molecule has 1 atom stereocenters. The zero-order chi connectivity index (χ0) is 26.0. The number of amides is 3. The van der Waals surface area contributed by atoms with Crippen molar-refractivity contribution in [3.63, 3.8) is 0 Å². The molecule has 0 spiro atoms. The van der Waals surface area contributed by atoms with Crippen molar-refractivity contribution in [1.82, 2.24) is 20.4 Å². The molecule has 186 valence electrons. The Hall–Kier alpha value is -3.89. The summed E-state index contributed by atoms with van der Waals surface area (Å²) in [4.78, 5) is 36.9. The minimum absolute atomic E-state index is 0.0597. The quantitative estimate of drug-likeness (QED) is 0.473. The van der Waals surface area contributed by atoms with Gasteiger partial charge >= 0.3 is 6.18 Å². The molecule has 1 unspecified atom stereocenters. The predicted molar refractivity (Wildman–Crippen MR) is 123 cm³/mol. The van der Waals surface area contributed by atoms with Gasteiger partial charge in [0.05, 0.1) is 24.2 Å². The molecule has 0 fully saturated rings. The Balaban J connectivity index is 1.89. The highest BCUT2D eigenvalue weighted by Gasteiger charge is 2.34. The minimum atomic E-state index is -4.44. The summed E-state index contributed by atoms with van der Waals surface area (Å²) in [5.41, 5.74) is 4.86. The van der Waals surface area contributed by atoms with E-state index in [-0.39, 0.29) is 18.8 Å². The highest BCUT2D eigenvalue weighted by atomic mass is 19.4. The van der Waals surface area contributed by atoms with Crippen molar-refractivity contribution in [2.45, 2.75) is 39.5 Å². The lowest BCUT2D eigenvalue weighted by Gasteiger charge is -2.30. The molecular formula is C24H26F3N5O3. The number of benzene rings is 2. The Bertz CT molecular complexity index is 1240. The molecule has 0 aliphatic heterocycles. The molecule has 4 N–H and O–H groups in total. The van der Waals surface area contributed by atoms with E-state index in [2.05, 4.69) is 15.7 Å². The van der Waals surface area contributed by atoms with Crippen LogP contribution in [-0.4, -0.2) is 40.1 Å². The number of aromatic nitrogens is 2. The minimum Gasteiger partial charge on any atom is -0.368 e. The second-order valence-corrected chi connectivity index (χ2v) is 9.17. The summed E-state index contributed by atoms with van der Waals surface area (Å²) < 4.78 is 40.1. The van der Waals surface area contributed by atoms with Crippen LogP contribution in [0.4, 0.5) is 13.2 Å². The molecule has 0 bridgehead atoms. The van der Waals surface area contributed by atoms with Gasteiger partial charge in [-0.15, -0.1) is 0 Å². The molecule has 2 aromatic carbocycles. The number of hydrogen-bond acceptors (Lipinski definition) is 4. The second kappa shape index (κ2) is 9.77. The molecular weight excluding hydrogens is 463 g/mol. The van der Waals surface area contributed by atoms with Gasteiger partial charge in [-0.25, -0.2) is 0 Å². The van der Waals surface area contributed by atoms with E-state index in [0.29, 0.717) is 16.5 Å².